The Kier molecular flexibility index (Phi) is 4.71. The van der Waals surface area contributed by atoms with E-state index in [0.717, 1.165) is 13.0 Å². The predicted octanol–water partition coefficient (Wildman–Crippen LogP) is 2.48. The summed E-state index contributed by atoms with van der Waals surface area (Å²) in [5, 5.41) is 4.29. The van der Waals surface area contributed by atoms with E-state index in [-0.39, 0.29) is 6.04 Å². The van der Waals surface area contributed by atoms with Crippen LogP contribution in [0.2, 0.25) is 0 Å². The molecule has 0 saturated heterocycles. The maximum Gasteiger partial charge on any atom is 0.0631 e. The number of aromatic nitrogens is 2. The number of nitrogens with zero attached hydrogens (tertiary/aromatic N) is 2. The van der Waals surface area contributed by atoms with Crippen molar-refractivity contribution in [3.63, 3.8) is 0 Å². The van der Waals surface area contributed by atoms with Crippen LogP contribution in [0.5, 0.6) is 0 Å². The van der Waals surface area contributed by atoms with E-state index in [1.165, 1.54) is 5.69 Å². The van der Waals surface area contributed by atoms with E-state index in [4.69, 9.17) is 5.84 Å². The summed E-state index contributed by atoms with van der Waals surface area (Å²) in [6, 6.07) is 2.22. The fourth-order valence-corrected chi connectivity index (χ4v) is 1.88. The molecule has 1 aromatic heterocycles. The standard InChI is InChI=1S/C13H26N4/c1-6-17-12(7-8-15-17)11(16-14)9-10(2)13(3,4)5/h7-8,10-11,16H,6,9,14H2,1-5H3. The molecule has 0 aliphatic heterocycles. The molecule has 0 radical (unpaired) electrons. The zero-order chi connectivity index (χ0) is 13.1. The lowest BCUT2D eigenvalue weighted by Gasteiger charge is -2.30. The van der Waals surface area contributed by atoms with E-state index in [0.29, 0.717) is 11.3 Å². The van der Waals surface area contributed by atoms with Crippen molar-refractivity contribution in [1.82, 2.24) is 15.2 Å². The molecule has 0 saturated carbocycles. The zero-order valence-electron chi connectivity index (χ0n) is 11.7. The van der Waals surface area contributed by atoms with Crippen LogP contribution in [0, 0.1) is 11.3 Å². The molecule has 1 heterocycles. The van der Waals surface area contributed by atoms with Gasteiger partial charge >= 0.3 is 0 Å². The van der Waals surface area contributed by atoms with Crippen LogP contribution in [0.1, 0.15) is 52.8 Å². The highest BCUT2D eigenvalue weighted by atomic mass is 15.3. The Hall–Kier alpha value is -0.870. The van der Waals surface area contributed by atoms with E-state index in [2.05, 4.69) is 45.1 Å². The molecule has 4 heteroatoms. The minimum Gasteiger partial charge on any atom is -0.271 e. The molecule has 2 atom stereocenters. The van der Waals surface area contributed by atoms with Crippen molar-refractivity contribution in [2.24, 2.45) is 17.2 Å². The van der Waals surface area contributed by atoms with Crippen molar-refractivity contribution >= 4 is 0 Å². The van der Waals surface area contributed by atoms with Gasteiger partial charge < -0.3 is 0 Å². The summed E-state index contributed by atoms with van der Waals surface area (Å²) in [7, 11) is 0. The van der Waals surface area contributed by atoms with Crippen LogP contribution < -0.4 is 11.3 Å². The first-order valence-corrected chi connectivity index (χ1v) is 6.38. The molecular formula is C13H26N4. The topological polar surface area (TPSA) is 55.9 Å². The highest BCUT2D eigenvalue weighted by molar-refractivity contribution is 5.07. The fraction of sp³-hybridized carbons (Fsp3) is 0.769. The van der Waals surface area contributed by atoms with Crippen LogP contribution in [0.25, 0.3) is 0 Å². The van der Waals surface area contributed by atoms with Crippen LogP contribution in [-0.4, -0.2) is 9.78 Å². The highest BCUT2D eigenvalue weighted by Crippen LogP contribution is 2.32. The van der Waals surface area contributed by atoms with Crippen LogP contribution in [0.4, 0.5) is 0 Å². The number of nitrogens with two attached hydrogens (primary N) is 1. The molecule has 0 amide bonds. The normalized spacial score (nSPS) is 15.9. The smallest absolute Gasteiger partial charge is 0.0631 e. The maximum absolute atomic E-state index is 5.69. The van der Waals surface area contributed by atoms with E-state index in [9.17, 15) is 0 Å². The Balaban J connectivity index is 2.79. The van der Waals surface area contributed by atoms with E-state index in [1.807, 2.05) is 16.9 Å². The first kappa shape index (κ1) is 14.2. The Morgan fingerprint density at radius 1 is 1.47 bits per heavy atom. The van der Waals surface area contributed by atoms with E-state index in [1.54, 1.807) is 0 Å². The number of aryl methyl sites for hydroxylation is 1. The summed E-state index contributed by atoms with van der Waals surface area (Å²) in [6.45, 7) is 12.0. The molecule has 0 aromatic carbocycles. The van der Waals surface area contributed by atoms with Crippen molar-refractivity contribution < 1.29 is 0 Å². The van der Waals surface area contributed by atoms with E-state index >= 15 is 0 Å². The third kappa shape index (κ3) is 3.54. The van der Waals surface area contributed by atoms with Gasteiger partial charge in [0, 0.05) is 12.7 Å². The number of hydrogen-bond acceptors (Lipinski definition) is 3. The van der Waals surface area contributed by atoms with Gasteiger partial charge in [0.2, 0.25) is 0 Å². The number of nitrogens with one attached hydrogen (secondary N) is 1. The van der Waals surface area contributed by atoms with Crippen LogP contribution in [0.3, 0.4) is 0 Å². The molecular weight excluding hydrogens is 212 g/mol. The number of hydrogen-bond donors (Lipinski definition) is 2. The lowest BCUT2D eigenvalue weighted by molar-refractivity contribution is 0.220. The summed E-state index contributed by atoms with van der Waals surface area (Å²) in [4.78, 5) is 0. The summed E-state index contributed by atoms with van der Waals surface area (Å²) in [5.74, 6) is 6.27. The minimum absolute atomic E-state index is 0.173. The van der Waals surface area contributed by atoms with Gasteiger partial charge in [-0.2, -0.15) is 5.10 Å². The van der Waals surface area contributed by atoms with Gasteiger partial charge in [-0.05, 0) is 30.7 Å². The molecule has 0 fully saturated rings. The van der Waals surface area contributed by atoms with Crippen molar-refractivity contribution in [1.29, 1.82) is 0 Å². The van der Waals surface area contributed by atoms with Gasteiger partial charge in [0.15, 0.2) is 0 Å². The summed E-state index contributed by atoms with van der Waals surface area (Å²) in [5.41, 5.74) is 4.39. The molecule has 4 nitrogen and oxygen atoms in total. The van der Waals surface area contributed by atoms with Gasteiger partial charge in [-0.1, -0.05) is 27.7 Å². The molecule has 0 aliphatic carbocycles. The molecule has 0 aliphatic rings. The van der Waals surface area contributed by atoms with Crippen molar-refractivity contribution in [3.05, 3.63) is 18.0 Å². The lowest BCUT2D eigenvalue weighted by Crippen LogP contribution is -2.33. The quantitative estimate of drug-likeness (QED) is 0.612. The van der Waals surface area contributed by atoms with Gasteiger partial charge in [-0.3, -0.25) is 16.0 Å². The number of hydrazine groups is 1. The monoisotopic (exact) mass is 238 g/mol. The largest absolute Gasteiger partial charge is 0.271 e. The molecule has 2 unspecified atom stereocenters. The third-order valence-corrected chi connectivity index (χ3v) is 3.67. The first-order chi connectivity index (χ1) is 7.90. The lowest BCUT2D eigenvalue weighted by atomic mass is 9.78. The predicted molar refractivity (Wildman–Crippen MR) is 71.2 cm³/mol. The van der Waals surface area contributed by atoms with Gasteiger partial charge in [0.05, 0.1) is 11.7 Å². The third-order valence-electron chi connectivity index (χ3n) is 3.67. The average Bonchev–Trinajstić information content (AvgIpc) is 2.71. The summed E-state index contributed by atoms with van der Waals surface area (Å²) >= 11 is 0. The Morgan fingerprint density at radius 3 is 2.59 bits per heavy atom. The van der Waals surface area contributed by atoms with Crippen molar-refractivity contribution in [3.8, 4) is 0 Å². The zero-order valence-corrected chi connectivity index (χ0v) is 11.7. The van der Waals surface area contributed by atoms with Crippen LogP contribution in [0.15, 0.2) is 12.3 Å². The van der Waals surface area contributed by atoms with Gasteiger partial charge in [-0.15, -0.1) is 0 Å². The molecule has 1 rings (SSSR count). The molecule has 0 spiro atoms. The van der Waals surface area contributed by atoms with Gasteiger partial charge in [-0.25, -0.2) is 0 Å². The first-order valence-electron chi connectivity index (χ1n) is 6.38. The Labute approximate surface area is 105 Å². The van der Waals surface area contributed by atoms with Crippen LogP contribution in [-0.2, 0) is 6.54 Å². The van der Waals surface area contributed by atoms with Gasteiger partial charge in [0.25, 0.3) is 0 Å². The second-order valence-corrected chi connectivity index (χ2v) is 5.79. The van der Waals surface area contributed by atoms with Crippen LogP contribution >= 0.6 is 0 Å². The van der Waals surface area contributed by atoms with Gasteiger partial charge in [0.1, 0.15) is 0 Å². The Bertz CT molecular complexity index is 337. The highest BCUT2D eigenvalue weighted by Gasteiger charge is 2.25. The summed E-state index contributed by atoms with van der Waals surface area (Å²) in [6.07, 6.45) is 2.86. The molecule has 0 bridgehead atoms. The fourth-order valence-electron chi connectivity index (χ4n) is 1.88. The average molecular weight is 238 g/mol. The molecule has 17 heavy (non-hydrogen) atoms. The van der Waals surface area contributed by atoms with Crippen molar-refractivity contribution in [2.75, 3.05) is 0 Å². The summed E-state index contributed by atoms with van der Waals surface area (Å²) < 4.78 is 2.00. The maximum atomic E-state index is 5.69. The van der Waals surface area contributed by atoms with Crippen molar-refractivity contribution in [2.45, 2.75) is 53.6 Å². The minimum atomic E-state index is 0.173. The second-order valence-electron chi connectivity index (χ2n) is 5.79. The Morgan fingerprint density at radius 2 is 2.12 bits per heavy atom. The number of rotatable bonds is 5. The second kappa shape index (κ2) is 5.65. The molecule has 3 N–H and O–H groups in total. The molecule has 98 valence electrons. The SMILES string of the molecule is CCn1nccc1C(CC(C)C(C)(C)C)NN. The van der Waals surface area contributed by atoms with E-state index < -0.39 is 0 Å². The molecule has 1 aromatic rings.